The van der Waals surface area contributed by atoms with Gasteiger partial charge in [-0.3, -0.25) is 19.3 Å². The summed E-state index contributed by atoms with van der Waals surface area (Å²) >= 11 is 0. The lowest BCUT2D eigenvalue weighted by atomic mass is 9.57. The molecule has 1 aromatic carbocycles. The third kappa shape index (κ3) is 3.83. The van der Waals surface area contributed by atoms with E-state index in [0.717, 1.165) is 5.69 Å². The number of fused-ring (bicyclic) bond motifs is 3. The van der Waals surface area contributed by atoms with E-state index in [0.29, 0.717) is 37.6 Å². The lowest BCUT2D eigenvalue weighted by Gasteiger charge is -2.51. The summed E-state index contributed by atoms with van der Waals surface area (Å²) in [6.45, 7) is 5.14. The van der Waals surface area contributed by atoms with Gasteiger partial charge in [0.25, 0.3) is 5.91 Å². The summed E-state index contributed by atoms with van der Waals surface area (Å²) in [6, 6.07) is 1.87. The normalized spacial score (nSPS) is 28.5. The Bertz CT molecular complexity index is 1550. The van der Waals surface area contributed by atoms with Crippen molar-refractivity contribution in [3.05, 3.63) is 52.1 Å². The molecule has 4 atom stereocenters. The molecule has 13 heteroatoms. The van der Waals surface area contributed by atoms with E-state index in [1.165, 1.54) is 6.07 Å². The molecule has 216 valence electrons. The number of morpholine rings is 1. The zero-order chi connectivity index (χ0) is 29.4. The van der Waals surface area contributed by atoms with Gasteiger partial charge in [-0.25, -0.2) is 4.68 Å². The van der Waals surface area contributed by atoms with E-state index in [9.17, 15) is 34.8 Å². The third-order valence-electron chi connectivity index (χ3n) is 8.81. The van der Waals surface area contributed by atoms with Crippen LogP contribution in [0, 0.1) is 11.8 Å². The highest BCUT2D eigenvalue weighted by Gasteiger charge is 2.64. The Labute approximate surface area is 234 Å². The number of hydrogen-bond acceptors (Lipinski definition) is 11. The van der Waals surface area contributed by atoms with E-state index in [4.69, 9.17) is 10.5 Å². The van der Waals surface area contributed by atoms with E-state index in [1.807, 2.05) is 13.8 Å². The standard InChI is InChI=1S/C28H31N5O8/c1-12(2)16-11-33(31-30-16)17-3-4-18(34)20-14(17)9-13-10-15-22(32-5-7-41-8-6-32)24(36)21(27(29)39)26(38)28(15,40)25(37)19(13)23(20)35/h3-4,11-13,15,22,34-35,38,40H,5-10H2,1-2H3,(H2,29,39)/t13-,15-,22+,28-/m0/s1. The van der Waals surface area contributed by atoms with Crippen molar-refractivity contribution in [2.24, 2.45) is 17.6 Å². The average Bonchev–Trinajstić information content (AvgIpc) is 3.42. The van der Waals surface area contributed by atoms with Crippen molar-refractivity contribution in [1.82, 2.24) is 19.9 Å². The predicted molar refractivity (Wildman–Crippen MR) is 142 cm³/mol. The van der Waals surface area contributed by atoms with Gasteiger partial charge in [0.1, 0.15) is 22.8 Å². The number of ketones is 2. The topological polar surface area (TPSA) is 201 Å². The molecule has 2 fully saturated rings. The summed E-state index contributed by atoms with van der Waals surface area (Å²) in [5.74, 6) is -6.76. The van der Waals surface area contributed by atoms with E-state index in [-0.39, 0.29) is 35.6 Å². The number of aliphatic hydroxyl groups excluding tert-OH is 2. The Morgan fingerprint density at radius 3 is 2.51 bits per heavy atom. The number of ether oxygens (including phenoxy) is 1. The lowest BCUT2D eigenvalue weighted by molar-refractivity contribution is -0.157. The van der Waals surface area contributed by atoms with Gasteiger partial charge in [0.15, 0.2) is 11.4 Å². The molecule has 4 aliphatic rings. The summed E-state index contributed by atoms with van der Waals surface area (Å²) in [4.78, 5) is 41.8. The van der Waals surface area contributed by atoms with Gasteiger partial charge >= 0.3 is 0 Å². The van der Waals surface area contributed by atoms with Crippen LogP contribution >= 0.6 is 0 Å². The molecule has 0 unspecified atom stereocenters. The molecule has 0 radical (unpaired) electrons. The number of primary amides is 1. The Morgan fingerprint density at radius 1 is 1.17 bits per heavy atom. The first-order valence-corrected chi connectivity index (χ1v) is 13.5. The van der Waals surface area contributed by atoms with Gasteiger partial charge in [0.2, 0.25) is 5.78 Å². The maximum atomic E-state index is 14.1. The first kappa shape index (κ1) is 27.1. The summed E-state index contributed by atoms with van der Waals surface area (Å²) in [6.07, 6.45) is 1.92. The number of amides is 1. The Hall–Kier alpha value is -4.07. The number of phenols is 1. The fraction of sp³-hybridized carbons (Fsp3) is 0.464. The zero-order valence-electron chi connectivity index (χ0n) is 22.6. The van der Waals surface area contributed by atoms with Crippen LogP contribution in [0.4, 0.5) is 0 Å². The van der Waals surface area contributed by atoms with Crippen molar-refractivity contribution in [3.8, 4) is 11.4 Å². The zero-order valence-corrected chi connectivity index (χ0v) is 22.6. The summed E-state index contributed by atoms with van der Waals surface area (Å²) in [5.41, 5.74) is 3.52. The maximum Gasteiger partial charge on any atom is 0.255 e. The molecule has 0 spiro atoms. The number of hydrogen-bond donors (Lipinski definition) is 5. The molecule has 0 bridgehead atoms. The van der Waals surface area contributed by atoms with Gasteiger partial charge in [-0.15, -0.1) is 5.10 Å². The number of phenolic OH excluding ortho intramolecular Hbond substituents is 1. The monoisotopic (exact) mass is 565 g/mol. The molecular weight excluding hydrogens is 534 g/mol. The van der Waals surface area contributed by atoms with E-state index in [1.54, 1.807) is 21.8 Å². The number of aromatic hydroxyl groups is 1. The first-order valence-electron chi connectivity index (χ1n) is 13.5. The molecular formula is C28H31N5O8. The van der Waals surface area contributed by atoms with Crippen LogP contribution in [0.1, 0.15) is 43.0 Å². The van der Waals surface area contributed by atoms with Crippen LogP contribution < -0.4 is 5.73 Å². The number of aromatic nitrogens is 3. The fourth-order valence-corrected chi connectivity index (χ4v) is 6.78. The molecule has 1 saturated heterocycles. The van der Waals surface area contributed by atoms with Gasteiger partial charge in [-0.1, -0.05) is 19.1 Å². The Kier molecular flexibility index (Phi) is 6.28. The van der Waals surface area contributed by atoms with Crippen LogP contribution in [0.3, 0.4) is 0 Å². The molecule has 1 amide bonds. The fourth-order valence-electron chi connectivity index (χ4n) is 6.78. The van der Waals surface area contributed by atoms with Gasteiger partial charge in [-0.2, -0.15) is 0 Å². The van der Waals surface area contributed by atoms with Crippen LogP contribution in [0.25, 0.3) is 11.4 Å². The van der Waals surface area contributed by atoms with Crippen molar-refractivity contribution >= 4 is 23.2 Å². The number of nitrogens with zero attached hydrogens (tertiary/aromatic N) is 4. The number of aliphatic hydroxyl groups is 3. The minimum Gasteiger partial charge on any atom is -0.508 e. The van der Waals surface area contributed by atoms with Crippen molar-refractivity contribution < 1.29 is 39.5 Å². The smallest absolute Gasteiger partial charge is 0.255 e. The molecule has 2 aromatic rings. The number of Topliss-reactive ketones (excluding diaryl/α,β-unsaturated/α-hetero) is 2. The number of rotatable bonds is 4. The largest absolute Gasteiger partial charge is 0.508 e. The number of carbonyl (C=O) groups excluding carboxylic acids is 3. The minimum atomic E-state index is -2.69. The van der Waals surface area contributed by atoms with Gasteiger partial charge in [0, 0.05) is 24.6 Å². The van der Waals surface area contributed by atoms with Crippen LogP contribution in [0.15, 0.2) is 35.2 Å². The molecule has 1 aromatic heterocycles. The average molecular weight is 566 g/mol. The highest BCUT2D eigenvalue weighted by atomic mass is 16.5. The van der Waals surface area contributed by atoms with Crippen molar-refractivity contribution in [2.75, 3.05) is 26.3 Å². The second-order valence-electron chi connectivity index (χ2n) is 11.3. The summed E-state index contributed by atoms with van der Waals surface area (Å²) in [7, 11) is 0. The van der Waals surface area contributed by atoms with Crippen LogP contribution in [0.5, 0.6) is 5.75 Å². The second kappa shape index (κ2) is 9.50. The van der Waals surface area contributed by atoms with Crippen LogP contribution in [-0.4, -0.2) is 95.7 Å². The quantitative estimate of drug-likeness (QED) is 0.322. The van der Waals surface area contributed by atoms with E-state index < -0.39 is 58.0 Å². The number of nitrogens with two attached hydrogens (primary N) is 1. The predicted octanol–water partition coefficient (Wildman–Crippen LogP) is 0.439. The SMILES string of the molecule is CC(C)c1cn(-c2ccc(O)c3c2C[C@H]2C[C@H]4[C@@H](N5CCOCC5)C(=O)C(C(N)=O)=C(O)[C@@]4(O)C(=O)C2=C3O)nn1. The molecule has 6 N–H and O–H groups in total. The van der Waals surface area contributed by atoms with Gasteiger partial charge in [-0.05, 0) is 42.4 Å². The molecule has 6 rings (SSSR count). The first-order chi connectivity index (χ1) is 19.5. The minimum absolute atomic E-state index is 0.000885. The highest BCUT2D eigenvalue weighted by Crippen LogP contribution is 2.53. The van der Waals surface area contributed by atoms with Crippen molar-refractivity contribution in [3.63, 3.8) is 0 Å². The third-order valence-corrected chi connectivity index (χ3v) is 8.81. The number of carbonyl (C=O) groups is 3. The molecule has 1 aliphatic heterocycles. The van der Waals surface area contributed by atoms with Gasteiger partial charge < -0.3 is 30.9 Å². The Morgan fingerprint density at radius 2 is 1.88 bits per heavy atom. The second-order valence-corrected chi connectivity index (χ2v) is 11.3. The number of benzene rings is 1. The Balaban J connectivity index is 1.52. The highest BCUT2D eigenvalue weighted by molar-refractivity contribution is 6.24. The maximum absolute atomic E-state index is 14.1. The molecule has 2 heterocycles. The van der Waals surface area contributed by atoms with Crippen molar-refractivity contribution in [2.45, 2.75) is 44.2 Å². The molecule has 13 nitrogen and oxygen atoms in total. The lowest BCUT2D eigenvalue weighted by Crippen LogP contribution is -2.67. The van der Waals surface area contributed by atoms with E-state index >= 15 is 0 Å². The summed E-state index contributed by atoms with van der Waals surface area (Å²) in [5, 5.41) is 53.7. The molecule has 3 aliphatic carbocycles. The van der Waals surface area contributed by atoms with Crippen molar-refractivity contribution in [1.29, 1.82) is 0 Å². The molecule has 41 heavy (non-hydrogen) atoms. The van der Waals surface area contributed by atoms with Crippen LogP contribution in [-0.2, 0) is 25.5 Å². The molecule has 1 saturated carbocycles. The summed E-state index contributed by atoms with van der Waals surface area (Å²) < 4.78 is 6.96. The van der Waals surface area contributed by atoms with E-state index in [2.05, 4.69) is 10.3 Å². The van der Waals surface area contributed by atoms with Crippen LogP contribution in [0.2, 0.25) is 0 Å². The van der Waals surface area contributed by atoms with Gasteiger partial charge in [0.05, 0.1) is 42.4 Å².